The van der Waals surface area contributed by atoms with Crippen LogP contribution in [0.2, 0.25) is 0 Å². The van der Waals surface area contributed by atoms with E-state index in [-0.39, 0.29) is 5.56 Å². The van der Waals surface area contributed by atoms with E-state index in [0.29, 0.717) is 10.9 Å². The van der Waals surface area contributed by atoms with Crippen LogP contribution in [-0.4, -0.2) is 15.5 Å². The van der Waals surface area contributed by atoms with Gasteiger partial charge in [0.2, 0.25) is 5.91 Å². The summed E-state index contributed by atoms with van der Waals surface area (Å²) in [6.07, 6.45) is 0. The van der Waals surface area contributed by atoms with Gasteiger partial charge in [-0.2, -0.15) is 0 Å². The highest BCUT2D eigenvalue weighted by Crippen LogP contribution is 2.17. The highest BCUT2D eigenvalue weighted by Gasteiger charge is 2.17. The number of nitrogens with one attached hydrogen (secondary N) is 2. The molecule has 6 nitrogen and oxygen atoms in total. The number of benzene rings is 2. The molecular formula is C19H17F2N3O3. The summed E-state index contributed by atoms with van der Waals surface area (Å²) in [5, 5.41) is 2.80. The number of nitrogens with zero attached hydrogens (tertiary/aromatic N) is 1. The Bertz CT molecular complexity index is 1150. The van der Waals surface area contributed by atoms with Gasteiger partial charge >= 0.3 is 5.69 Å². The lowest BCUT2D eigenvalue weighted by molar-refractivity contribution is -0.122. The van der Waals surface area contributed by atoms with Crippen LogP contribution in [0.5, 0.6) is 0 Å². The van der Waals surface area contributed by atoms with Crippen molar-refractivity contribution < 1.29 is 13.6 Å². The summed E-state index contributed by atoms with van der Waals surface area (Å²) >= 11 is 0. The Kier molecular flexibility index (Phi) is 4.89. The SMILES string of the molecule is Cc1cccc2c(=O)n(CC(=O)N[C@@H](C)c3ccc(F)cc3F)c(=O)[nH]c12. The molecule has 0 aliphatic rings. The minimum absolute atomic E-state index is 0.0974. The van der Waals surface area contributed by atoms with Crippen LogP contribution in [0.4, 0.5) is 8.78 Å². The molecule has 0 aliphatic heterocycles. The van der Waals surface area contributed by atoms with Gasteiger partial charge in [-0.1, -0.05) is 18.2 Å². The number of hydrogen-bond acceptors (Lipinski definition) is 3. The third kappa shape index (κ3) is 3.64. The minimum atomic E-state index is -0.793. The first kappa shape index (κ1) is 18.5. The van der Waals surface area contributed by atoms with E-state index in [0.717, 1.165) is 22.3 Å². The van der Waals surface area contributed by atoms with Gasteiger partial charge in [-0.15, -0.1) is 0 Å². The fourth-order valence-electron chi connectivity index (χ4n) is 2.93. The first-order valence-electron chi connectivity index (χ1n) is 8.24. The van der Waals surface area contributed by atoms with Gasteiger partial charge in [0.15, 0.2) is 0 Å². The lowest BCUT2D eigenvalue weighted by Gasteiger charge is -2.15. The summed E-state index contributed by atoms with van der Waals surface area (Å²) in [4.78, 5) is 39.6. The topological polar surface area (TPSA) is 84.0 Å². The molecule has 140 valence electrons. The Hall–Kier alpha value is -3.29. The number of carbonyl (C=O) groups is 1. The largest absolute Gasteiger partial charge is 0.348 e. The van der Waals surface area contributed by atoms with Gasteiger partial charge in [0.05, 0.1) is 16.9 Å². The van der Waals surface area contributed by atoms with Crippen LogP contribution < -0.4 is 16.6 Å². The van der Waals surface area contributed by atoms with Crippen LogP contribution in [0.25, 0.3) is 10.9 Å². The fourth-order valence-corrected chi connectivity index (χ4v) is 2.93. The lowest BCUT2D eigenvalue weighted by Crippen LogP contribution is -2.41. The zero-order valence-electron chi connectivity index (χ0n) is 14.7. The second-order valence-electron chi connectivity index (χ2n) is 6.27. The van der Waals surface area contributed by atoms with Gasteiger partial charge in [0, 0.05) is 11.6 Å². The summed E-state index contributed by atoms with van der Waals surface area (Å²) < 4.78 is 27.6. The number of aromatic amines is 1. The van der Waals surface area contributed by atoms with E-state index >= 15 is 0 Å². The molecule has 1 atom stereocenters. The molecule has 1 amide bonds. The Morgan fingerprint density at radius 1 is 1.22 bits per heavy atom. The Morgan fingerprint density at radius 2 is 1.96 bits per heavy atom. The van der Waals surface area contributed by atoms with Crippen LogP contribution in [0.1, 0.15) is 24.1 Å². The van der Waals surface area contributed by atoms with Crippen molar-refractivity contribution in [2.45, 2.75) is 26.4 Å². The highest BCUT2D eigenvalue weighted by molar-refractivity contribution is 5.81. The standard InChI is InChI=1S/C19H17F2N3O3/c1-10-4-3-5-14-17(10)23-19(27)24(18(14)26)9-16(25)22-11(2)13-7-6-12(20)8-15(13)21/h3-8,11H,9H2,1-2H3,(H,22,25)(H,23,27)/t11-/m0/s1. The summed E-state index contributed by atoms with van der Waals surface area (Å²) in [6, 6.07) is 7.27. The maximum Gasteiger partial charge on any atom is 0.329 e. The predicted molar refractivity (Wildman–Crippen MR) is 96.5 cm³/mol. The average molecular weight is 373 g/mol. The van der Waals surface area contributed by atoms with Crippen molar-refractivity contribution in [3.8, 4) is 0 Å². The van der Waals surface area contributed by atoms with Crippen molar-refractivity contribution in [2.24, 2.45) is 0 Å². The number of H-pyrrole nitrogens is 1. The zero-order chi connectivity index (χ0) is 19.7. The molecule has 2 aromatic carbocycles. The second-order valence-corrected chi connectivity index (χ2v) is 6.27. The van der Waals surface area contributed by atoms with Crippen molar-refractivity contribution in [1.29, 1.82) is 0 Å². The number of aromatic nitrogens is 2. The van der Waals surface area contributed by atoms with Crippen LogP contribution in [0, 0.1) is 18.6 Å². The van der Waals surface area contributed by atoms with Gasteiger partial charge in [-0.05, 0) is 31.5 Å². The van der Waals surface area contributed by atoms with Gasteiger partial charge < -0.3 is 10.3 Å². The third-order valence-corrected chi connectivity index (χ3v) is 4.33. The molecule has 3 rings (SSSR count). The number of carbonyl (C=O) groups excluding carboxylic acids is 1. The zero-order valence-corrected chi connectivity index (χ0v) is 14.7. The molecular weight excluding hydrogens is 356 g/mol. The molecule has 3 aromatic rings. The molecule has 0 saturated carbocycles. The number of amides is 1. The van der Waals surface area contributed by atoms with Gasteiger partial charge in [-0.3, -0.25) is 14.2 Å². The van der Waals surface area contributed by atoms with Gasteiger partial charge in [0.25, 0.3) is 5.56 Å². The number of aryl methyl sites for hydroxylation is 1. The van der Waals surface area contributed by atoms with Crippen molar-refractivity contribution in [3.05, 3.63) is 80.0 Å². The van der Waals surface area contributed by atoms with Crippen molar-refractivity contribution >= 4 is 16.8 Å². The first-order chi connectivity index (χ1) is 12.8. The Labute approximate surface area is 152 Å². The van der Waals surface area contributed by atoms with E-state index in [1.807, 2.05) is 0 Å². The molecule has 0 unspecified atom stereocenters. The minimum Gasteiger partial charge on any atom is -0.348 e. The molecule has 0 fully saturated rings. The summed E-state index contributed by atoms with van der Waals surface area (Å²) in [7, 11) is 0. The van der Waals surface area contributed by atoms with E-state index in [4.69, 9.17) is 0 Å². The van der Waals surface area contributed by atoms with E-state index in [1.165, 1.54) is 13.0 Å². The Balaban J connectivity index is 1.86. The number of hydrogen-bond donors (Lipinski definition) is 2. The van der Waals surface area contributed by atoms with Crippen LogP contribution >= 0.6 is 0 Å². The summed E-state index contributed by atoms with van der Waals surface area (Å²) in [5.41, 5.74) is -0.0458. The maximum atomic E-state index is 13.8. The Morgan fingerprint density at radius 3 is 2.67 bits per heavy atom. The quantitative estimate of drug-likeness (QED) is 0.735. The number of fused-ring (bicyclic) bond motifs is 1. The second kappa shape index (κ2) is 7.14. The summed E-state index contributed by atoms with van der Waals surface area (Å²) in [6.45, 7) is 2.75. The van der Waals surface area contributed by atoms with Crippen LogP contribution in [-0.2, 0) is 11.3 Å². The van der Waals surface area contributed by atoms with Crippen molar-refractivity contribution in [2.75, 3.05) is 0 Å². The first-order valence-corrected chi connectivity index (χ1v) is 8.24. The van der Waals surface area contributed by atoms with E-state index in [1.54, 1.807) is 25.1 Å². The molecule has 0 radical (unpaired) electrons. The lowest BCUT2D eigenvalue weighted by atomic mass is 10.1. The normalized spacial score (nSPS) is 12.1. The monoisotopic (exact) mass is 373 g/mol. The van der Waals surface area contributed by atoms with Crippen molar-refractivity contribution in [1.82, 2.24) is 14.9 Å². The number of halogens is 2. The van der Waals surface area contributed by atoms with E-state index in [9.17, 15) is 23.2 Å². The van der Waals surface area contributed by atoms with Gasteiger partial charge in [0.1, 0.15) is 18.2 Å². The molecule has 1 heterocycles. The summed E-state index contributed by atoms with van der Waals surface area (Å²) in [5.74, 6) is -2.16. The van der Waals surface area contributed by atoms with Crippen LogP contribution in [0.3, 0.4) is 0 Å². The molecule has 0 bridgehead atoms. The predicted octanol–water partition coefficient (Wildman–Crippen LogP) is 2.15. The highest BCUT2D eigenvalue weighted by atomic mass is 19.1. The van der Waals surface area contributed by atoms with E-state index in [2.05, 4.69) is 10.3 Å². The molecule has 27 heavy (non-hydrogen) atoms. The van der Waals surface area contributed by atoms with Gasteiger partial charge in [-0.25, -0.2) is 13.6 Å². The van der Waals surface area contributed by atoms with Crippen LogP contribution in [0.15, 0.2) is 46.0 Å². The maximum absolute atomic E-state index is 13.8. The fraction of sp³-hybridized carbons (Fsp3) is 0.211. The molecule has 8 heteroatoms. The smallest absolute Gasteiger partial charge is 0.329 e. The van der Waals surface area contributed by atoms with Crippen molar-refractivity contribution in [3.63, 3.8) is 0 Å². The number of rotatable bonds is 4. The molecule has 2 N–H and O–H groups in total. The average Bonchev–Trinajstić information content (AvgIpc) is 2.59. The molecule has 0 aliphatic carbocycles. The molecule has 0 saturated heterocycles. The molecule has 1 aromatic heterocycles. The molecule has 0 spiro atoms. The number of para-hydroxylation sites is 1. The van der Waals surface area contributed by atoms with E-state index < -0.39 is 41.4 Å². The third-order valence-electron chi connectivity index (χ3n) is 4.33.